The summed E-state index contributed by atoms with van der Waals surface area (Å²) >= 11 is 1.60. The van der Waals surface area contributed by atoms with Gasteiger partial charge in [0.2, 0.25) is 5.91 Å². The largest absolute Gasteiger partial charge is 0.493 e. The Morgan fingerprint density at radius 1 is 0.952 bits per heavy atom. The summed E-state index contributed by atoms with van der Waals surface area (Å²) in [6.07, 6.45) is 0.251. The molecule has 0 radical (unpaired) electrons. The second-order valence-electron chi connectivity index (χ2n) is 10.6. The van der Waals surface area contributed by atoms with E-state index in [4.69, 9.17) is 9.47 Å². The Morgan fingerprint density at radius 3 is 2.33 bits per heavy atom. The molecule has 6 nitrogen and oxygen atoms in total. The highest BCUT2D eigenvalue weighted by molar-refractivity contribution is 7.11. The summed E-state index contributed by atoms with van der Waals surface area (Å²) < 4.78 is 51.0. The first-order valence-electron chi connectivity index (χ1n) is 14.1. The van der Waals surface area contributed by atoms with E-state index in [1.54, 1.807) is 30.5 Å². The number of hydrogen-bond donors (Lipinski definition) is 0. The van der Waals surface area contributed by atoms with Crippen molar-refractivity contribution in [3.63, 3.8) is 0 Å². The molecule has 0 atom stereocenters. The predicted molar refractivity (Wildman–Crippen MR) is 157 cm³/mol. The highest BCUT2D eigenvalue weighted by atomic mass is 32.1. The van der Waals surface area contributed by atoms with Crippen molar-refractivity contribution in [2.75, 3.05) is 27.3 Å². The van der Waals surface area contributed by atoms with Crippen LogP contribution in [0.1, 0.15) is 63.3 Å². The number of aryl methyl sites for hydroxylation is 1. The molecule has 0 N–H and O–H groups in total. The van der Waals surface area contributed by atoms with E-state index in [-0.39, 0.29) is 24.1 Å². The van der Waals surface area contributed by atoms with Gasteiger partial charge in [-0.05, 0) is 74.2 Å². The summed E-state index contributed by atoms with van der Waals surface area (Å²) in [5.74, 6) is 0.414. The Balaban J connectivity index is 1.58. The Kier molecular flexibility index (Phi) is 10.5. The zero-order chi connectivity index (χ0) is 30.3. The van der Waals surface area contributed by atoms with Crippen LogP contribution in [0.25, 0.3) is 0 Å². The van der Waals surface area contributed by atoms with Gasteiger partial charge < -0.3 is 19.3 Å². The van der Waals surface area contributed by atoms with Gasteiger partial charge in [-0.25, -0.2) is 0 Å². The van der Waals surface area contributed by atoms with Gasteiger partial charge in [0.1, 0.15) is 6.54 Å². The molecule has 42 heavy (non-hydrogen) atoms. The molecule has 0 spiro atoms. The van der Waals surface area contributed by atoms with Crippen molar-refractivity contribution >= 4 is 23.2 Å². The monoisotopic (exact) mass is 602 g/mol. The average Bonchev–Trinajstić information content (AvgIpc) is 3.41. The number of carbonyl (C=O) groups is 2. The third-order valence-corrected chi connectivity index (χ3v) is 8.62. The van der Waals surface area contributed by atoms with Crippen molar-refractivity contribution in [1.29, 1.82) is 0 Å². The van der Waals surface area contributed by atoms with Gasteiger partial charge in [0, 0.05) is 27.9 Å². The van der Waals surface area contributed by atoms with Crippen molar-refractivity contribution in [1.82, 2.24) is 9.80 Å². The molecule has 0 aliphatic heterocycles. The standard InChI is InChI=1S/C32H37F3N2O4S/c1-22-12-14-27(42-22)20-36(17-16-23-13-15-28(40-2)29(18-23)41-3)30(38)21-37(26-10-5-4-6-11-26)31(39)24-8-7-9-25(19-24)32(33,34)35/h7-9,12-15,18-19,26H,4-6,10-11,16-17,20-21H2,1-3H3. The van der Waals surface area contributed by atoms with Crippen LogP contribution in [-0.2, 0) is 23.9 Å². The number of hydrogen-bond acceptors (Lipinski definition) is 5. The van der Waals surface area contributed by atoms with Crippen LogP contribution < -0.4 is 9.47 Å². The van der Waals surface area contributed by atoms with Crippen LogP contribution in [0.4, 0.5) is 13.2 Å². The molecule has 1 aromatic heterocycles. The topological polar surface area (TPSA) is 59.1 Å². The van der Waals surface area contributed by atoms with E-state index in [9.17, 15) is 22.8 Å². The molecular weight excluding hydrogens is 565 g/mol. The van der Waals surface area contributed by atoms with Crippen LogP contribution >= 0.6 is 11.3 Å². The smallest absolute Gasteiger partial charge is 0.416 e. The van der Waals surface area contributed by atoms with E-state index in [2.05, 4.69) is 0 Å². The van der Waals surface area contributed by atoms with Crippen LogP contribution in [-0.4, -0.2) is 55.0 Å². The molecule has 2 amide bonds. The number of ether oxygens (including phenoxy) is 2. The number of amides is 2. The predicted octanol–water partition coefficient (Wildman–Crippen LogP) is 7.14. The molecule has 0 unspecified atom stereocenters. The zero-order valence-corrected chi connectivity index (χ0v) is 25.0. The van der Waals surface area contributed by atoms with Crippen molar-refractivity contribution in [3.8, 4) is 11.5 Å². The third-order valence-electron chi connectivity index (χ3n) is 7.63. The quantitative estimate of drug-likeness (QED) is 0.234. The first-order chi connectivity index (χ1) is 20.1. The summed E-state index contributed by atoms with van der Waals surface area (Å²) in [5, 5.41) is 0. The van der Waals surface area contributed by atoms with Crippen molar-refractivity contribution in [2.24, 2.45) is 0 Å². The fraction of sp³-hybridized carbons (Fsp3) is 0.438. The van der Waals surface area contributed by atoms with Gasteiger partial charge in [-0.1, -0.05) is 31.4 Å². The Bertz CT molecular complexity index is 1370. The number of halogens is 3. The molecule has 226 valence electrons. The van der Waals surface area contributed by atoms with Crippen LogP contribution in [0.2, 0.25) is 0 Å². The lowest BCUT2D eigenvalue weighted by atomic mass is 9.93. The van der Waals surface area contributed by atoms with Gasteiger partial charge in [-0.15, -0.1) is 11.3 Å². The minimum absolute atomic E-state index is 0.0612. The summed E-state index contributed by atoms with van der Waals surface area (Å²) in [5.41, 5.74) is 0.0128. The van der Waals surface area contributed by atoms with Crippen molar-refractivity contribution in [2.45, 2.75) is 64.2 Å². The van der Waals surface area contributed by atoms with E-state index in [1.165, 1.54) is 17.0 Å². The second kappa shape index (κ2) is 14.1. The van der Waals surface area contributed by atoms with Crippen LogP contribution in [0.5, 0.6) is 11.5 Å². The maximum atomic E-state index is 13.9. The molecule has 4 rings (SSSR count). The number of alkyl halides is 3. The van der Waals surface area contributed by atoms with Crippen molar-refractivity contribution in [3.05, 3.63) is 81.0 Å². The molecule has 1 heterocycles. The molecule has 1 aliphatic rings. The summed E-state index contributed by atoms with van der Waals surface area (Å²) in [4.78, 5) is 33.0. The maximum Gasteiger partial charge on any atom is 0.416 e. The van der Waals surface area contributed by atoms with E-state index in [0.717, 1.165) is 46.7 Å². The van der Waals surface area contributed by atoms with Crippen LogP contribution in [0, 0.1) is 6.92 Å². The van der Waals surface area contributed by atoms with Gasteiger partial charge >= 0.3 is 6.18 Å². The third kappa shape index (κ3) is 8.06. The van der Waals surface area contributed by atoms with E-state index >= 15 is 0 Å². The molecule has 10 heteroatoms. The lowest BCUT2D eigenvalue weighted by Crippen LogP contribution is -2.48. The molecule has 2 aromatic carbocycles. The van der Waals surface area contributed by atoms with Gasteiger partial charge in [-0.3, -0.25) is 9.59 Å². The number of rotatable bonds is 11. The van der Waals surface area contributed by atoms with E-state index in [1.807, 2.05) is 37.3 Å². The molecule has 1 saturated carbocycles. The number of nitrogens with zero attached hydrogens (tertiary/aromatic N) is 2. The molecule has 1 aliphatic carbocycles. The van der Waals surface area contributed by atoms with Crippen LogP contribution in [0.3, 0.4) is 0 Å². The highest BCUT2D eigenvalue weighted by Gasteiger charge is 2.33. The SMILES string of the molecule is COc1ccc(CCN(Cc2ccc(C)s2)C(=O)CN(C(=O)c2cccc(C(F)(F)F)c2)C2CCCCC2)cc1OC. The first kappa shape index (κ1) is 31.4. The lowest BCUT2D eigenvalue weighted by Gasteiger charge is -2.35. The fourth-order valence-corrected chi connectivity index (χ4v) is 6.26. The van der Waals surface area contributed by atoms with Crippen molar-refractivity contribution < 1.29 is 32.2 Å². The summed E-state index contributed by atoms with van der Waals surface area (Å²) in [7, 11) is 3.14. The minimum atomic E-state index is -4.57. The van der Waals surface area contributed by atoms with E-state index < -0.39 is 17.6 Å². The number of benzene rings is 2. The summed E-state index contributed by atoms with van der Waals surface area (Å²) in [6, 6.07) is 13.9. The molecule has 0 saturated heterocycles. The zero-order valence-electron chi connectivity index (χ0n) is 24.2. The Labute approximate surface area is 249 Å². The molecule has 3 aromatic rings. The molecule has 0 bridgehead atoms. The first-order valence-corrected chi connectivity index (χ1v) is 14.9. The van der Waals surface area contributed by atoms with Gasteiger partial charge in [0.05, 0.1) is 26.3 Å². The number of carbonyl (C=O) groups excluding carboxylic acids is 2. The maximum absolute atomic E-state index is 13.9. The normalized spacial score (nSPS) is 14.0. The number of thiophene rings is 1. The minimum Gasteiger partial charge on any atom is -0.493 e. The average molecular weight is 603 g/mol. The number of methoxy groups -OCH3 is 2. The van der Waals surface area contributed by atoms with Gasteiger partial charge in [0.25, 0.3) is 5.91 Å². The fourth-order valence-electron chi connectivity index (χ4n) is 5.35. The van der Waals surface area contributed by atoms with Gasteiger partial charge in [0.15, 0.2) is 11.5 Å². The van der Waals surface area contributed by atoms with Crippen LogP contribution in [0.15, 0.2) is 54.6 Å². The molecular formula is C32H37F3N2O4S. The van der Waals surface area contributed by atoms with E-state index in [0.29, 0.717) is 43.9 Å². The summed E-state index contributed by atoms with van der Waals surface area (Å²) in [6.45, 7) is 2.57. The Morgan fingerprint density at radius 2 is 1.69 bits per heavy atom. The highest BCUT2D eigenvalue weighted by Crippen LogP contribution is 2.31. The second-order valence-corrected chi connectivity index (χ2v) is 11.9. The molecule has 1 fully saturated rings. The lowest BCUT2D eigenvalue weighted by molar-refractivity contribution is -0.137. The van der Waals surface area contributed by atoms with Gasteiger partial charge in [-0.2, -0.15) is 13.2 Å². The Hall–Kier alpha value is -3.53.